The van der Waals surface area contributed by atoms with Gasteiger partial charge in [-0.05, 0) is 62.4 Å². The molecule has 1 fully saturated rings. The lowest BCUT2D eigenvalue weighted by molar-refractivity contribution is -0.127. The minimum absolute atomic E-state index is 0.0750. The van der Waals surface area contributed by atoms with E-state index in [0.29, 0.717) is 50.1 Å². The van der Waals surface area contributed by atoms with Crippen LogP contribution in [0, 0.1) is 0 Å². The molecule has 2 aromatic carbocycles. The topological polar surface area (TPSA) is 102 Å². The van der Waals surface area contributed by atoms with Crippen LogP contribution in [0.15, 0.2) is 54.6 Å². The van der Waals surface area contributed by atoms with Crippen molar-refractivity contribution in [2.24, 2.45) is 0 Å². The van der Waals surface area contributed by atoms with Gasteiger partial charge in [-0.3, -0.25) is 14.4 Å². The van der Waals surface area contributed by atoms with Gasteiger partial charge < -0.3 is 25.5 Å². The third kappa shape index (κ3) is 9.48. The minimum Gasteiger partial charge on any atom is -0.390 e. The van der Waals surface area contributed by atoms with Crippen LogP contribution in [0.25, 0.3) is 0 Å². The zero-order valence-corrected chi connectivity index (χ0v) is 23.4. The van der Waals surface area contributed by atoms with Crippen LogP contribution in [-0.4, -0.2) is 84.0 Å². The van der Waals surface area contributed by atoms with E-state index in [-0.39, 0.29) is 17.7 Å². The van der Waals surface area contributed by atoms with Crippen LogP contribution in [-0.2, 0) is 11.2 Å². The highest BCUT2D eigenvalue weighted by Gasteiger charge is 2.24. The third-order valence-electron chi connectivity index (χ3n) is 7.03. The quantitative estimate of drug-likeness (QED) is 0.286. The van der Waals surface area contributed by atoms with E-state index in [1.54, 1.807) is 24.3 Å². The van der Waals surface area contributed by atoms with Crippen LogP contribution in [0.4, 0.5) is 0 Å². The summed E-state index contributed by atoms with van der Waals surface area (Å²) < 4.78 is 0. The Morgan fingerprint density at radius 3 is 2.41 bits per heavy atom. The first-order valence-electron chi connectivity index (χ1n) is 14.3. The van der Waals surface area contributed by atoms with Crippen molar-refractivity contribution < 1.29 is 19.5 Å². The smallest absolute Gasteiger partial charge is 0.253 e. The van der Waals surface area contributed by atoms with Gasteiger partial charge in [-0.2, -0.15) is 0 Å². The first kappa shape index (κ1) is 30.3. The molecule has 39 heavy (non-hydrogen) atoms. The van der Waals surface area contributed by atoms with Gasteiger partial charge in [-0.1, -0.05) is 50.2 Å². The van der Waals surface area contributed by atoms with Gasteiger partial charge in [-0.15, -0.1) is 0 Å². The number of benzene rings is 2. The van der Waals surface area contributed by atoms with E-state index in [2.05, 4.69) is 10.6 Å². The number of aliphatic hydroxyl groups is 1. The number of rotatable bonds is 16. The minimum atomic E-state index is -0.822. The number of hydrogen-bond donors (Lipinski definition) is 3. The fourth-order valence-electron chi connectivity index (χ4n) is 4.96. The van der Waals surface area contributed by atoms with Gasteiger partial charge in [0, 0.05) is 50.3 Å². The lowest BCUT2D eigenvalue weighted by Gasteiger charge is -2.25. The van der Waals surface area contributed by atoms with Crippen LogP contribution >= 0.6 is 0 Å². The summed E-state index contributed by atoms with van der Waals surface area (Å²) in [5, 5.41) is 17.3. The molecule has 0 spiro atoms. The number of hydrogen-bond acceptors (Lipinski definition) is 5. The van der Waals surface area contributed by atoms with Crippen LogP contribution in [0.2, 0.25) is 0 Å². The van der Waals surface area contributed by atoms with Crippen LogP contribution in [0.1, 0.15) is 72.2 Å². The Bertz CT molecular complexity index is 1060. The summed E-state index contributed by atoms with van der Waals surface area (Å²) in [7, 11) is 0. The van der Waals surface area contributed by atoms with Crippen molar-refractivity contribution in [3.8, 4) is 0 Å². The first-order chi connectivity index (χ1) is 18.9. The maximum absolute atomic E-state index is 13.3. The maximum Gasteiger partial charge on any atom is 0.253 e. The molecule has 8 heteroatoms. The average Bonchev–Trinajstić information content (AvgIpc) is 3.36. The van der Waals surface area contributed by atoms with Crippen molar-refractivity contribution in [3.63, 3.8) is 0 Å². The van der Waals surface area contributed by atoms with E-state index in [9.17, 15) is 19.5 Å². The van der Waals surface area contributed by atoms with Gasteiger partial charge >= 0.3 is 0 Å². The highest BCUT2D eigenvalue weighted by Crippen LogP contribution is 2.13. The Balaban J connectivity index is 1.62. The van der Waals surface area contributed by atoms with Crippen molar-refractivity contribution >= 4 is 17.7 Å². The molecule has 0 unspecified atom stereocenters. The monoisotopic (exact) mass is 536 g/mol. The summed E-state index contributed by atoms with van der Waals surface area (Å²) in [6.07, 6.45) is 3.76. The Hall–Kier alpha value is -3.23. The molecule has 0 aliphatic carbocycles. The van der Waals surface area contributed by atoms with Gasteiger partial charge in [-0.25, -0.2) is 0 Å². The second-order valence-corrected chi connectivity index (χ2v) is 10.3. The molecule has 3 rings (SSSR count). The Morgan fingerprint density at radius 1 is 1.03 bits per heavy atom. The van der Waals surface area contributed by atoms with Gasteiger partial charge in [0.25, 0.3) is 11.8 Å². The van der Waals surface area contributed by atoms with Gasteiger partial charge in [0.2, 0.25) is 5.91 Å². The number of amides is 3. The molecule has 1 heterocycles. The molecule has 212 valence electrons. The average molecular weight is 537 g/mol. The number of likely N-dealkylation sites (tertiary alicyclic amines) is 1. The Kier molecular flexibility index (Phi) is 12.4. The molecule has 0 saturated carbocycles. The zero-order valence-electron chi connectivity index (χ0n) is 23.4. The molecule has 2 aromatic rings. The molecule has 1 aliphatic heterocycles. The predicted octanol–water partition coefficient (Wildman–Crippen LogP) is 3.25. The largest absolute Gasteiger partial charge is 0.390 e. The van der Waals surface area contributed by atoms with Gasteiger partial charge in [0.05, 0.1) is 12.1 Å². The summed E-state index contributed by atoms with van der Waals surface area (Å²) in [5.74, 6) is -0.182. The zero-order chi connectivity index (χ0) is 28.0. The van der Waals surface area contributed by atoms with Crippen LogP contribution in [0.3, 0.4) is 0 Å². The number of carbonyl (C=O) groups excluding carboxylic acids is 3. The molecular weight excluding hydrogens is 492 g/mol. The molecule has 0 bridgehead atoms. The van der Waals surface area contributed by atoms with E-state index in [1.165, 1.54) is 0 Å². The van der Waals surface area contributed by atoms with E-state index < -0.39 is 12.1 Å². The van der Waals surface area contributed by atoms with Gasteiger partial charge in [0.15, 0.2) is 0 Å². The first-order valence-corrected chi connectivity index (χ1v) is 14.3. The SMILES string of the molecule is CCCN(CCC)C(=O)c1cccc(C(=O)N[C@@H](Cc2ccccc2)[C@H](O)CNCCCN2CCCC2=O)c1. The lowest BCUT2D eigenvalue weighted by atomic mass is 10.00. The number of carbonyl (C=O) groups is 3. The van der Waals surface area contributed by atoms with Crippen LogP contribution in [0.5, 0.6) is 0 Å². The second kappa shape index (κ2) is 16.0. The number of aliphatic hydroxyl groups excluding tert-OH is 1. The molecule has 3 amide bonds. The fourth-order valence-corrected chi connectivity index (χ4v) is 4.96. The molecule has 1 aliphatic rings. The summed E-state index contributed by atoms with van der Waals surface area (Å²) in [4.78, 5) is 41.9. The van der Waals surface area contributed by atoms with Crippen molar-refractivity contribution in [3.05, 3.63) is 71.3 Å². The Morgan fingerprint density at radius 2 is 1.74 bits per heavy atom. The third-order valence-corrected chi connectivity index (χ3v) is 7.03. The predicted molar refractivity (Wildman–Crippen MR) is 154 cm³/mol. The van der Waals surface area contributed by atoms with E-state index >= 15 is 0 Å². The van der Waals surface area contributed by atoms with Crippen molar-refractivity contribution in [2.45, 2.75) is 64.5 Å². The van der Waals surface area contributed by atoms with E-state index in [4.69, 9.17) is 0 Å². The standard InChI is InChI=1S/C31H44N4O4/c1-3-17-35(18-4-2)31(39)26-14-8-13-25(22-26)30(38)33-27(21-24-11-6-5-7-12-24)28(36)23-32-16-10-20-34-19-9-15-29(34)37/h5-8,11-14,22,27-28,32,36H,3-4,9-10,15-21,23H2,1-2H3,(H,33,38)/t27-,28+/m0/s1. The summed E-state index contributed by atoms with van der Waals surface area (Å²) >= 11 is 0. The molecule has 0 aromatic heterocycles. The lowest BCUT2D eigenvalue weighted by Crippen LogP contribution is -2.49. The summed E-state index contributed by atoms with van der Waals surface area (Å²) in [6.45, 7) is 7.97. The van der Waals surface area contributed by atoms with Crippen LogP contribution < -0.4 is 10.6 Å². The van der Waals surface area contributed by atoms with Crippen molar-refractivity contribution in [2.75, 3.05) is 39.3 Å². The molecular formula is C31H44N4O4. The molecule has 8 nitrogen and oxygen atoms in total. The second-order valence-electron chi connectivity index (χ2n) is 10.3. The Labute approximate surface area is 232 Å². The van der Waals surface area contributed by atoms with Crippen molar-refractivity contribution in [1.82, 2.24) is 20.4 Å². The normalized spacial score (nSPS) is 14.7. The van der Waals surface area contributed by atoms with E-state index in [0.717, 1.165) is 44.3 Å². The number of nitrogens with one attached hydrogen (secondary N) is 2. The number of nitrogens with zero attached hydrogens (tertiary/aromatic N) is 2. The van der Waals surface area contributed by atoms with Gasteiger partial charge in [0.1, 0.15) is 0 Å². The fraction of sp³-hybridized carbons (Fsp3) is 0.516. The molecule has 2 atom stereocenters. The molecule has 0 radical (unpaired) electrons. The van der Waals surface area contributed by atoms with Crippen molar-refractivity contribution in [1.29, 1.82) is 0 Å². The molecule has 3 N–H and O–H groups in total. The highest BCUT2D eigenvalue weighted by molar-refractivity contribution is 5.99. The highest BCUT2D eigenvalue weighted by atomic mass is 16.3. The van der Waals surface area contributed by atoms with E-state index in [1.807, 2.05) is 54.0 Å². The summed E-state index contributed by atoms with van der Waals surface area (Å²) in [6, 6.07) is 16.0. The molecule has 1 saturated heterocycles. The summed E-state index contributed by atoms with van der Waals surface area (Å²) in [5.41, 5.74) is 1.89. The maximum atomic E-state index is 13.3.